The van der Waals surface area contributed by atoms with Crippen LogP contribution in [0.3, 0.4) is 0 Å². The number of benzene rings is 2. The number of carbonyl (C=O) groups excluding carboxylic acids is 1. The maximum atomic E-state index is 12.9. The van der Waals surface area contributed by atoms with Crippen molar-refractivity contribution in [3.63, 3.8) is 0 Å². The van der Waals surface area contributed by atoms with Crippen molar-refractivity contribution in [3.8, 4) is 5.75 Å². The Labute approximate surface area is 151 Å². The van der Waals surface area contributed by atoms with Gasteiger partial charge in [-0.15, -0.1) is 0 Å². The molecule has 4 nitrogen and oxygen atoms in total. The van der Waals surface area contributed by atoms with E-state index in [1.807, 2.05) is 26.0 Å². The van der Waals surface area contributed by atoms with E-state index in [0.29, 0.717) is 11.3 Å². The largest absolute Gasteiger partial charge is 0.478 e. The molecule has 0 heterocycles. The maximum absolute atomic E-state index is 12.9. The summed E-state index contributed by atoms with van der Waals surface area (Å²) in [6.07, 6.45) is 3.08. The van der Waals surface area contributed by atoms with E-state index in [2.05, 4.69) is 0 Å². The molecule has 0 unspecified atom stereocenters. The molecular formula is C21H21FO4. The molecule has 0 radical (unpaired) electrons. The Morgan fingerprint density at radius 1 is 1.08 bits per heavy atom. The van der Waals surface area contributed by atoms with Crippen LogP contribution in [0.4, 0.5) is 4.39 Å². The van der Waals surface area contributed by atoms with Gasteiger partial charge < -0.3 is 9.84 Å². The number of allylic oxidation sites excluding steroid dienone is 1. The van der Waals surface area contributed by atoms with Crippen LogP contribution in [0, 0.1) is 19.7 Å². The molecule has 0 amide bonds. The molecule has 0 bridgehead atoms. The molecule has 26 heavy (non-hydrogen) atoms. The van der Waals surface area contributed by atoms with Gasteiger partial charge in [0, 0.05) is 5.56 Å². The van der Waals surface area contributed by atoms with Crippen molar-refractivity contribution in [2.45, 2.75) is 33.3 Å². The van der Waals surface area contributed by atoms with Crippen molar-refractivity contribution in [3.05, 3.63) is 70.5 Å². The number of hydrogen-bond acceptors (Lipinski definition) is 3. The van der Waals surface area contributed by atoms with Gasteiger partial charge in [-0.3, -0.25) is 4.79 Å². The first-order chi connectivity index (χ1) is 12.1. The lowest BCUT2D eigenvalue weighted by molar-refractivity contribution is -0.152. The molecule has 0 aliphatic carbocycles. The smallest absolute Gasteiger partial charge is 0.347 e. The maximum Gasteiger partial charge on any atom is 0.347 e. The van der Waals surface area contributed by atoms with Crippen LogP contribution >= 0.6 is 0 Å². The fourth-order valence-corrected chi connectivity index (χ4v) is 2.42. The number of ketones is 1. The molecule has 0 aliphatic heterocycles. The summed E-state index contributed by atoms with van der Waals surface area (Å²) in [6.45, 7) is 6.62. The lowest BCUT2D eigenvalue weighted by atomic mass is 10.0. The third-order valence-corrected chi connectivity index (χ3v) is 3.91. The fourth-order valence-electron chi connectivity index (χ4n) is 2.42. The van der Waals surface area contributed by atoms with E-state index in [0.717, 1.165) is 16.7 Å². The molecule has 136 valence electrons. The molecule has 0 aromatic heterocycles. The third-order valence-electron chi connectivity index (χ3n) is 3.91. The van der Waals surface area contributed by atoms with Gasteiger partial charge >= 0.3 is 5.97 Å². The number of ether oxygens (including phenoxy) is 1. The highest BCUT2D eigenvalue weighted by molar-refractivity contribution is 6.06. The minimum Gasteiger partial charge on any atom is -0.478 e. The number of carbonyl (C=O) groups is 2. The van der Waals surface area contributed by atoms with E-state index in [4.69, 9.17) is 4.74 Å². The minimum atomic E-state index is -1.34. The van der Waals surface area contributed by atoms with Crippen molar-refractivity contribution in [1.29, 1.82) is 0 Å². The van der Waals surface area contributed by atoms with Crippen LogP contribution in [0.5, 0.6) is 5.75 Å². The first-order valence-electron chi connectivity index (χ1n) is 8.12. The third kappa shape index (κ3) is 4.57. The lowest BCUT2D eigenvalue weighted by Crippen LogP contribution is -2.38. The van der Waals surface area contributed by atoms with Gasteiger partial charge in [-0.25, -0.2) is 9.18 Å². The Kier molecular flexibility index (Phi) is 5.60. The Morgan fingerprint density at radius 2 is 1.62 bits per heavy atom. The predicted octanol–water partition coefficient (Wildman–Crippen LogP) is 4.58. The van der Waals surface area contributed by atoms with E-state index in [1.54, 1.807) is 6.08 Å². The quantitative estimate of drug-likeness (QED) is 0.608. The number of aliphatic carboxylic acids is 1. The molecular weight excluding hydrogens is 335 g/mol. The highest BCUT2D eigenvalue weighted by Crippen LogP contribution is 2.29. The van der Waals surface area contributed by atoms with Gasteiger partial charge in [-0.1, -0.05) is 6.08 Å². The molecule has 0 fully saturated rings. The highest BCUT2D eigenvalue weighted by atomic mass is 19.1. The molecule has 2 aromatic carbocycles. The molecule has 2 aromatic rings. The fraction of sp³-hybridized carbons (Fsp3) is 0.238. The monoisotopic (exact) mass is 356 g/mol. The number of carboxylic acid groups (broad SMARTS) is 1. The standard InChI is InChI=1S/C21H21FO4/c1-13-11-15(5-10-18(23)16-6-8-17(22)9-7-16)12-14(2)19(13)26-21(3,4)20(24)25/h5-12H,1-4H3,(H,24,25)/b10-5+. The van der Waals surface area contributed by atoms with Gasteiger partial charge in [0.25, 0.3) is 0 Å². The second-order valence-corrected chi connectivity index (χ2v) is 6.61. The second kappa shape index (κ2) is 7.52. The zero-order valence-corrected chi connectivity index (χ0v) is 15.2. The Hall–Kier alpha value is -2.95. The zero-order chi connectivity index (χ0) is 19.5. The van der Waals surface area contributed by atoms with Crippen LogP contribution in [0.1, 0.15) is 40.9 Å². The number of carboxylic acids is 1. The van der Waals surface area contributed by atoms with Crippen LogP contribution in [0.15, 0.2) is 42.5 Å². The summed E-state index contributed by atoms with van der Waals surface area (Å²) < 4.78 is 18.6. The molecule has 5 heteroatoms. The lowest BCUT2D eigenvalue weighted by Gasteiger charge is -2.24. The van der Waals surface area contributed by atoms with Crippen LogP contribution in [-0.4, -0.2) is 22.5 Å². The van der Waals surface area contributed by atoms with E-state index >= 15 is 0 Å². The van der Waals surface area contributed by atoms with Gasteiger partial charge in [-0.2, -0.15) is 0 Å². The average molecular weight is 356 g/mol. The molecule has 0 aliphatic rings. The van der Waals surface area contributed by atoms with Crippen LogP contribution in [-0.2, 0) is 4.79 Å². The summed E-state index contributed by atoms with van der Waals surface area (Å²) in [7, 11) is 0. The zero-order valence-electron chi connectivity index (χ0n) is 15.2. The molecule has 0 spiro atoms. The van der Waals surface area contributed by atoms with Crippen LogP contribution in [0.2, 0.25) is 0 Å². The number of rotatable bonds is 6. The first-order valence-corrected chi connectivity index (χ1v) is 8.12. The molecule has 1 N–H and O–H groups in total. The number of halogens is 1. The summed E-state index contributed by atoms with van der Waals surface area (Å²) in [5, 5.41) is 9.21. The summed E-state index contributed by atoms with van der Waals surface area (Å²) >= 11 is 0. The van der Waals surface area contributed by atoms with Gasteiger partial charge in [-0.05, 0) is 86.9 Å². The topological polar surface area (TPSA) is 63.6 Å². The summed E-state index contributed by atoms with van der Waals surface area (Å²) in [5.41, 5.74) is 1.39. The van der Waals surface area contributed by atoms with Crippen molar-refractivity contribution >= 4 is 17.8 Å². The molecule has 0 atom stereocenters. The van der Waals surface area contributed by atoms with Crippen LogP contribution in [0.25, 0.3) is 6.08 Å². The Bertz CT molecular complexity index is 841. The van der Waals surface area contributed by atoms with Gasteiger partial charge in [0.1, 0.15) is 11.6 Å². The normalized spacial score (nSPS) is 11.6. The molecule has 0 saturated carbocycles. The summed E-state index contributed by atoms with van der Waals surface area (Å²) in [6, 6.07) is 8.98. The van der Waals surface area contributed by atoms with Crippen LogP contribution < -0.4 is 4.74 Å². The van der Waals surface area contributed by atoms with Crippen molar-refractivity contribution in [2.75, 3.05) is 0 Å². The Morgan fingerprint density at radius 3 is 2.12 bits per heavy atom. The predicted molar refractivity (Wildman–Crippen MR) is 98.0 cm³/mol. The highest BCUT2D eigenvalue weighted by Gasteiger charge is 2.30. The van der Waals surface area contributed by atoms with E-state index in [-0.39, 0.29) is 5.78 Å². The summed E-state index contributed by atoms with van der Waals surface area (Å²) in [5.74, 6) is -1.16. The summed E-state index contributed by atoms with van der Waals surface area (Å²) in [4.78, 5) is 23.4. The first kappa shape index (κ1) is 19.4. The van der Waals surface area contributed by atoms with Crippen molar-refractivity contribution in [2.24, 2.45) is 0 Å². The van der Waals surface area contributed by atoms with Gasteiger partial charge in [0.15, 0.2) is 11.4 Å². The average Bonchev–Trinajstić information content (AvgIpc) is 2.56. The number of hydrogen-bond donors (Lipinski definition) is 1. The molecule has 0 saturated heterocycles. The van der Waals surface area contributed by atoms with E-state index in [9.17, 15) is 19.1 Å². The van der Waals surface area contributed by atoms with E-state index in [1.165, 1.54) is 44.2 Å². The van der Waals surface area contributed by atoms with Crippen molar-refractivity contribution in [1.82, 2.24) is 0 Å². The van der Waals surface area contributed by atoms with Crippen molar-refractivity contribution < 1.29 is 23.8 Å². The number of aryl methyl sites for hydroxylation is 2. The van der Waals surface area contributed by atoms with Gasteiger partial charge in [0.2, 0.25) is 0 Å². The molecule has 2 rings (SSSR count). The SMILES string of the molecule is Cc1cc(/C=C/C(=O)c2ccc(F)cc2)cc(C)c1OC(C)(C)C(=O)O. The van der Waals surface area contributed by atoms with Gasteiger partial charge in [0.05, 0.1) is 0 Å². The minimum absolute atomic E-state index is 0.229. The van der Waals surface area contributed by atoms with E-state index < -0.39 is 17.4 Å². The second-order valence-electron chi connectivity index (χ2n) is 6.61. The Balaban J connectivity index is 2.23.